The number of carbonyl (C=O) groups is 1. The number of amides is 1. The van der Waals surface area contributed by atoms with Gasteiger partial charge in [0.15, 0.2) is 0 Å². The molecule has 0 saturated heterocycles. The van der Waals surface area contributed by atoms with Gasteiger partial charge < -0.3 is 5.73 Å². The Labute approximate surface area is 162 Å². The van der Waals surface area contributed by atoms with E-state index in [-0.39, 0.29) is 5.91 Å². The van der Waals surface area contributed by atoms with Gasteiger partial charge in [-0.3, -0.25) is 9.21 Å². The quantitative estimate of drug-likeness (QED) is 0.665. The summed E-state index contributed by atoms with van der Waals surface area (Å²) in [5.41, 5.74) is 7.59. The van der Waals surface area contributed by atoms with Gasteiger partial charge in [-0.15, -0.1) is 0 Å². The highest BCUT2D eigenvalue weighted by atomic mass is 35.5. The van der Waals surface area contributed by atoms with Crippen LogP contribution in [0.4, 0.5) is 13.2 Å². The van der Waals surface area contributed by atoms with Crippen molar-refractivity contribution < 1.29 is 18.0 Å². The zero-order valence-corrected chi connectivity index (χ0v) is 15.7. The molecule has 2 aromatic carbocycles. The van der Waals surface area contributed by atoms with Crippen LogP contribution in [0.15, 0.2) is 48.5 Å². The van der Waals surface area contributed by atoms with E-state index in [1.807, 2.05) is 31.2 Å². The number of halogens is 4. The molecule has 0 aliphatic carbocycles. The molecule has 0 aliphatic rings. The maximum atomic E-state index is 12.6. The summed E-state index contributed by atoms with van der Waals surface area (Å²) in [6, 6.07) is 11.9. The largest absolute Gasteiger partial charge is 0.416 e. The molecule has 0 unspecified atom stereocenters. The predicted molar refractivity (Wildman–Crippen MR) is 101 cm³/mol. The van der Waals surface area contributed by atoms with Crippen LogP contribution in [0.3, 0.4) is 0 Å². The first-order valence-corrected chi connectivity index (χ1v) is 9.05. The molecule has 2 aromatic rings. The van der Waals surface area contributed by atoms with Gasteiger partial charge in [0.25, 0.3) is 5.91 Å². The SMILES string of the molecule is CCC[C@H](N)C(=O)N(Cl)CCc1ccc(-c2ccc(C(F)(F)F)cc2)cc1. The molecule has 2 N–H and O–H groups in total. The molecule has 1 atom stereocenters. The Morgan fingerprint density at radius 3 is 2.07 bits per heavy atom. The second kappa shape index (κ2) is 9.24. The van der Waals surface area contributed by atoms with Crippen LogP contribution in [0, 0.1) is 0 Å². The van der Waals surface area contributed by atoms with Crippen molar-refractivity contribution in [3.63, 3.8) is 0 Å². The molecule has 1 amide bonds. The molecule has 0 aliphatic heterocycles. The normalized spacial score (nSPS) is 12.7. The highest BCUT2D eigenvalue weighted by molar-refractivity contribution is 6.21. The molecular weight excluding hydrogens is 377 g/mol. The summed E-state index contributed by atoms with van der Waals surface area (Å²) in [6.07, 6.45) is -2.39. The van der Waals surface area contributed by atoms with Gasteiger partial charge in [-0.05, 0) is 41.7 Å². The van der Waals surface area contributed by atoms with E-state index >= 15 is 0 Å². The molecule has 3 nitrogen and oxygen atoms in total. The predicted octanol–water partition coefficient (Wildman–Crippen LogP) is 5.02. The third-order valence-corrected chi connectivity index (χ3v) is 4.59. The first-order chi connectivity index (χ1) is 12.7. The van der Waals surface area contributed by atoms with Crippen molar-refractivity contribution in [2.24, 2.45) is 5.73 Å². The van der Waals surface area contributed by atoms with E-state index in [2.05, 4.69) is 0 Å². The summed E-state index contributed by atoms with van der Waals surface area (Å²) >= 11 is 6.00. The molecule has 0 spiro atoms. The first kappa shape index (κ1) is 21.3. The zero-order valence-electron chi connectivity index (χ0n) is 15.0. The average Bonchev–Trinajstić information content (AvgIpc) is 2.65. The summed E-state index contributed by atoms with van der Waals surface area (Å²) in [4.78, 5) is 12.0. The number of carbonyl (C=O) groups excluding carboxylic acids is 1. The van der Waals surface area contributed by atoms with Crippen LogP contribution in [0.2, 0.25) is 0 Å². The van der Waals surface area contributed by atoms with Crippen molar-refractivity contribution in [2.75, 3.05) is 6.54 Å². The number of rotatable bonds is 7. The Morgan fingerprint density at radius 2 is 1.59 bits per heavy atom. The van der Waals surface area contributed by atoms with Gasteiger partial charge in [0.1, 0.15) is 0 Å². The molecule has 2 rings (SSSR count). The summed E-state index contributed by atoms with van der Waals surface area (Å²) in [6.45, 7) is 2.28. The lowest BCUT2D eigenvalue weighted by Crippen LogP contribution is -2.39. The Bertz CT molecular complexity index is 745. The molecule has 146 valence electrons. The molecular formula is C20H22ClF3N2O. The molecule has 0 saturated carbocycles. The Balaban J connectivity index is 1.96. The number of nitrogens with two attached hydrogens (primary N) is 1. The molecule has 0 radical (unpaired) electrons. The summed E-state index contributed by atoms with van der Waals surface area (Å²) in [7, 11) is 0. The van der Waals surface area contributed by atoms with E-state index < -0.39 is 17.8 Å². The standard InChI is InChI=1S/C20H22ClF3N2O/c1-2-3-18(25)19(27)26(21)13-12-14-4-6-15(7-5-14)16-8-10-17(11-9-16)20(22,23)24/h4-11,18H,2-3,12-13,25H2,1H3/t18-/m0/s1. The fraction of sp³-hybridized carbons (Fsp3) is 0.350. The fourth-order valence-electron chi connectivity index (χ4n) is 2.67. The van der Waals surface area contributed by atoms with Crippen molar-refractivity contribution >= 4 is 17.7 Å². The summed E-state index contributed by atoms with van der Waals surface area (Å²) in [5, 5.41) is 0. The van der Waals surface area contributed by atoms with E-state index in [9.17, 15) is 18.0 Å². The number of benzene rings is 2. The molecule has 0 fully saturated rings. The third kappa shape index (κ3) is 5.97. The van der Waals surface area contributed by atoms with E-state index in [4.69, 9.17) is 17.5 Å². The lowest BCUT2D eigenvalue weighted by atomic mass is 10.0. The van der Waals surface area contributed by atoms with Gasteiger partial charge in [-0.1, -0.05) is 49.7 Å². The van der Waals surface area contributed by atoms with Crippen LogP contribution in [-0.2, 0) is 17.4 Å². The average molecular weight is 399 g/mol. The first-order valence-electron chi connectivity index (χ1n) is 8.71. The number of alkyl halides is 3. The van der Waals surface area contributed by atoms with E-state index in [0.717, 1.165) is 34.1 Å². The van der Waals surface area contributed by atoms with E-state index in [1.54, 1.807) is 0 Å². The van der Waals surface area contributed by atoms with Crippen molar-refractivity contribution in [1.82, 2.24) is 4.42 Å². The van der Waals surface area contributed by atoms with Crippen molar-refractivity contribution in [2.45, 2.75) is 38.4 Å². The molecule has 0 aromatic heterocycles. The van der Waals surface area contributed by atoms with E-state index in [0.29, 0.717) is 24.9 Å². The van der Waals surface area contributed by atoms with Gasteiger partial charge in [0.2, 0.25) is 0 Å². The number of hydrogen-bond acceptors (Lipinski definition) is 2. The van der Waals surface area contributed by atoms with Gasteiger partial charge in [-0.2, -0.15) is 13.2 Å². The summed E-state index contributed by atoms with van der Waals surface area (Å²) < 4.78 is 39.0. The minimum atomic E-state index is -4.34. The third-order valence-electron chi connectivity index (χ3n) is 4.25. The maximum absolute atomic E-state index is 12.6. The second-order valence-corrected chi connectivity index (χ2v) is 6.75. The summed E-state index contributed by atoms with van der Waals surface area (Å²) in [5.74, 6) is -0.292. The lowest BCUT2D eigenvalue weighted by molar-refractivity contribution is -0.137. The minimum Gasteiger partial charge on any atom is -0.320 e. The Morgan fingerprint density at radius 1 is 1.07 bits per heavy atom. The minimum absolute atomic E-state index is 0.292. The smallest absolute Gasteiger partial charge is 0.320 e. The number of nitrogens with zero attached hydrogens (tertiary/aromatic N) is 1. The van der Waals surface area contributed by atoms with Crippen molar-refractivity contribution in [1.29, 1.82) is 0 Å². The van der Waals surface area contributed by atoms with Crippen LogP contribution in [0.25, 0.3) is 11.1 Å². The van der Waals surface area contributed by atoms with Gasteiger partial charge in [0.05, 0.1) is 11.6 Å². The van der Waals surface area contributed by atoms with Crippen LogP contribution < -0.4 is 5.73 Å². The van der Waals surface area contributed by atoms with Crippen LogP contribution in [0.1, 0.15) is 30.9 Å². The van der Waals surface area contributed by atoms with Crippen LogP contribution >= 0.6 is 11.8 Å². The van der Waals surface area contributed by atoms with Crippen LogP contribution in [0.5, 0.6) is 0 Å². The molecule has 7 heteroatoms. The molecule has 0 bridgehead atoms. The topological polar surface area (TPSA) is 46.3 Å². The zero-order chi connectivity index (χ0) is 20.0. The van der Waals surface area contributed by atoms with Gasteiger partial charge in [0, 0.05) is 18.3 Å². The maximum Gasteiger partial charge on any atom is 0.416 e. The highest BCUT2D eigenvalue weighted by Gasteiger charge is 2.29. The second-order valence-electron chi connectivity index (χ2n) is 6.34. The lowest BCUT2D eigenvalue weighted by Gasteiger charge is -2.18. The van der Waals surface area contributed by atoms with Gasteiger partial charge >= 0.3 is 6.18 Å². The van der Waals surface area contributed by atoms with Crippen LogP contribution in [-0.4, -0.2) is 22.9 Å². The van der Waals surface area contributed by atoms with Gasteiger partial charge in [-0.25, -0.2) is 0 Å². The highest BCUT2D eigenvalue weighted by Crippen LogP contribution is 2.31. The van der Waals surface area contributed by atoms with Crippen molar-refractivity contribution in [3.05, 3.63) is 59.7 Å². The monoisotopic (exact) mass is 398 g/mol. The van der Waals surface area contributed by atoms with Crippen molar-refractivity contribution in [3.8, 4) is 11.1 Å². The number of hydrogen-bond donors (Lipinski definition) is 1. The molecule has 0 heterocycles. The Hall–Kier alpha value is -2.05. The Kier molecular flexibility index (Phi) is 7.27. The van der Waals surface area contributed by atoms with E-state index in [1.165, 1.54) is 12.1 Å². The fourth-order valence-corrected chi connectivity index (χ4v) is 2.88. The molecule has 27 heavy (non-hydrogen) atoms.